The maximum atomic E-state index is 5.97. The van der Waals surface area contributed by atoms with E-state index >= 15 is 0 Å². The summed E-state index contributed by atoms with van der Waals surface area (Å²) in [5.74, 6) is 1.53. The summed E-state index contributed by atoms with van der Waals surface area (Å²) in [6.07, 6.45) is 3.25. The summed E-state index contributed by atoms with van der Waals surface area (Å²) in [4.78, 5) is 0. The maximum absolute atomic E-state index is 5.97. The average Bonchev–Trinajstić information content (AvgIpc) is 2.36. The second-order valence-corrected chi connectivity index (χ2v) is 4.71. The second-order valence-electron chi connectivity index (χ2n) is 4.71. The fourth-order valence-electron chi connectivity index (χ4n) is 1.89. The lowest BCUT2D eigenvalue weighted by molar-refractivity contribution is 0.277. The molecule has 0 amide bonds. The van der Waals surface area contributed by atoms with E-state index in [1.54, 1.807) is 0 Å². The molecule has 0 aromatic heterocycles. The van der Waals surface area contributed by atoms with Crippen LogP contribution < -0.4 is 10.5 Å². The van der Waals surface area contributed by atoms with Crippen molar-refractivity contribution in [1.29, 1.82) is 0 Å². The van der Waals surface area contributed by atoms with Crippen molar-refractivity contribution in [1.82, 2.24) is 0 Å². The lowest BCUT2D eigenvalue weighted by atomic mass is 9.98. The van der Waals surface area contributed by atoms with E-state index in [2.05, 4.69) is 32.9 Å². The number of ether oxygens (including phenoxy) is 1. The molecule has 0 fully saturated rings. The van der Waals surface area contributed by atoms with Gasteiger partial charge in [-0.25, -0.2) is 0 Å². The van der Waals surface area contributed by atoms with Crippen molar-refractivity contribution in [2.24, 2.45) is 5.73 Å². The number of hydrogen-bond acceptors (Lipinski definition) is 2. The third-order valence-corrected chi connectivity index (χ3v) is 3.17. The van der Waals surface area contributed by atoms with Crippen molar-refractivity contribution >= 4 is 0 Å². The number of nitrogens with two attached hydrogens (primary N) is 1. The lowest BCUT2D eigenvalue weighted by Crippen LogP contribution is -2.27. The minimum Gasteiger partial charge on any atom is -0.492 e. The first-order valence-electron chi connectivity index (χ1n) is 6.66. The van der Waals surface area contributed by atoms with Gasteiger partial charge in [0, 0.05) is 6.04 Å². The summed E-state index contributed by atoms with van der Waals surface area (Å²) < 4.78 is 5.85. The van der Waals surface area contributed by atoms with Crippen LogP contribution in [0.2, 0.25) is 0 Å². The molecular weight excluding hydrogens is 210 g/mol. The first-order valence-corrected chi connectivity index (χ1v) is 6.66. The highest BCUT2D eigenvalue weighted by molar-refractivity contribution is 5.35. The average molecular weight is 235 g/mol. The van der Waals surface area contributed by atoms with Gasteiger partial charge in [0.2, 0.25) is 0 Å². The van der Waals surface area contributed by atoms with Crippen LogP contribution in [-0.4, -0.2) is 12.6 Å². The maximum Gasteiger partial charge on any atom is 0.122 e. The largest absolute Gasteiger partial charge is 0.492 e. The molecule has 2 atom stereocenters. The zero-order valence-electron chi connectivity index (χ0n) is 11.3. The first-order chi connectivity index (χ1) is 8.19. The van der Waals surface area contributed by atoms with Gasteiger partial charge >= 0.3 is 0 Å². The molecule has 2 unspecified atom stereocenters. The molecule has 0 saturated heterocycles. The molecular formula is C15H25NO. The summed E-state index contributed by atoms with van der Waals surface area (Å²) in [6.45, 7) is 7.19. The molecule has 1 rings (SSSR count). The summed E-state index contributed by atoms with van der Waals surface area (Å²) in [7, 11) is 0. The molecule has 96 valence electrons. The van der Waals surface area contributed by atoms with Gasteiger partial charge in [-0.15, -0.1) is 0 Å². The number of hydrogen-bond donors (Lipinski definition) is 1. The Hall–Kier alpha value is -1.02. The van der Waals surface area contributed by atoms with Crippen molar-refractivity contribution in [2.45, 2.75) is 52.0 Å². The van der Waals surface area contributed by atoms with E-state index in [9.17, 15) is 0 Å². The van der Waals surface area contributed by atoms with Gasteiger partial charge in [0.1, 0.15) is 12.4 Å². The normalized spacial score (nSPS) is 14.4. The topological polar surface area (TPSA) is 35.2 Å². The van der Waals surface area contributed by atoms with Crippen LogP contribution >= 0.6 is 0 Å². The molecule has 0 aliphatic heterocycles. The zero-order valence-corrected chi connectivity index (χ0v) is 11.3. The van der Waals surface area contributed by atoms with Crippen LogP contribution in [-0.2, 0) is 0 Å². The van der Waals surface area contributed by atoms with Gasteiger partial charge in [-0.1, -0.05) is 45.4 Å². The molecule has 0 spiro atoms. The molecule has 0 heterocycles. The molecule has 0 radical (unpaired) electrons. The van der Waals surface area contributed by atoms with Crippen LogP contribution in [0.5, 0.6) is 5.75 Å². The Morgan fingerprint density at radius 2 is 1.94 bits per heavy atom. The van der Waals surface area contributed by atoms with Gasteiger partial charge in [0.05, 0.1) is 0 Å². The summed E-state index contributed by atoms with van der Waals surface area (Å²) >= 11 is 0. The minimum absolute atomic E-state index is 0.144. The van der Waals surface area contributed by atoms with Crippen LogP contribution in [0.3, 0.4) is 0 Å². The van der Waals surface area contributed by atoms with Crippen molar-refractivity contribution in [3.63, 3.8) is 0 Å². The zero-order chi connectivity index (χ0) is 12.7. The predicted molar refractivity (Wildman–Crippen MR) is 73.5 cm³/mol. The molecule has 2 heteroatoms. The molecule has 1 aromatic rings. The van der Waals surface area contributed by atoms with Gasteiger partial charge in [0.15, 0.2) is 0 Å². The van der Waals surface area contributed by atoms with E-state index in [4.69, 9.17) is 10.5 Å². The monoisotopic (exact) mass is 235 g/mol. The standard InChI is InChI=1S/C15H25NO/c1-4-8-13(16)11-17-15-10-7-6-9-14(15)12(3)5-2/h6-7,9-10,12-13H,4-5,8,11,16H2,1-3H3. The lowest BCUT2D eigenvalue weighted by Gasteiger charge is -2.17. The molecule has 0 saturated carbocycles. The Labute approximate surface area is 105 Å². The van der Waals surface area contributed by atoms with E-state index in [0.717, 1.165) is 25.0 Å². The van der Waals surface area contributed by atoms with Gasteiger partial charge in [0.25, 0.3) is 0 Å². The summed E-state index contributed by atoms with van der Waals surface area (Å²) in [5.41, 5.74) is 7.26. The molecule has 0 bridgehead atoms. The quantitative estimate of drug-likeness (QED) is 0.782. The smallest absolute Gasteiger partial charge is 0.122 e. The fourth-order valence-corrected chi connectivity index (χ4v) is 1.89. The molecule has 0 aliphatic rings. The van der Waals surface area contributed by atoms with Crippen molar-refractivity contribution < 1.29 is 4.74 Å². The second kappa shape index (κ2) is 7.33. The van der Waals surface area contributed by atoms with Crippen LogP contribution in [0.25, 0.3) is 0 Å². The van der Waals surface area contributed by atoms with Crippen LogP contribution in [0.15, 0.2) is 24.3 Å². The minimum atomic E-state index is 0.144. The van der Waals surface area contributed by atoms with Crippen LogP contribution in [0.4, 0.5) is 0 Å². The van der Waals surface area contributed by atoms with Crippen molar-refractivity contribution in [3.8, 4) is 5.75 Å². The molecule has 1 aromatic carbocycles. The van der Waals surface area contributed by atoms with E-state index < -0.39 is 0 Å². The third kappa shape index (κ3) is 4.39. The van der Waals surface area contributed by atoms with Crippen molar-refractivity contribution in [2.75, 3.05) is 6.61 Å². The van der Waals surface area contributed by atoms with E-state index in [1.807, 2.05) is 12.1 Å². The SMILES string of the molecule is CCCC(N)COc1ccccc1C(C)CC. The molecule has 2 nitrogen and oxygen atoms in total. The van der Waals surface area contributed by atoms with Gasteiger partial charge < -0.3 is 10.5 Å². The highest BCUT2D eigenvalue weighted by Crippen LogP contribution is 2.28. The molecule has 0 aliphatic carbocycles. The van der Waals surface area contributed by atoms with Gasteiger partial charge in [-0.2, -0.15) is 0 Å². The Kier molecular flexibility index (Phi) is 6.06. The highest BCUT2D eigenvalue weighted by Gasteiger charge is 2.10. The van der Waals surface area contributed by atoms with E-state index in [0.29, 0.717) is 12.5 Å². The van der Waals surface area contributed by atoms with Gasteiger partial charge in [-0.05, 0) is 30.4 Å². The van der Waals surface area contributed by atoms with Crippen LogP contribution in [0.1, 0.15) is 51.5 Å². The van der Waals surface area contributed by atoms with Crippen LogP contribution in [0, 0.1) is 0 Å². The summed E-state index contributed by atoms with van der Waals surface area (Å²) in [5, 5.41) is 0. The fraction of sp³-hybridized carbons (Fsp3) is 0.600. The third-order valence-electron chi connectivity index (χ3n) is 3.17. The van der Waals surface area contributed by atoms with Crippen molar-refractivity contribution in [3.05, 3.63) is 29.8 Å². The van der Waals surface area contributed by atoms with E-state index in [-0.39, 0.29) is 6.04 Å². The summed E-state index contributed by atoms with van der Waals surface area (Å²) in [6, 6.07) is 8.42. The predicted octanol–water partition coefficient (Wildman–Crippen LogP) is 3.71. The number of para-hydroxylation sites is 1. The Bertz CT molecular complexity index is 324. The highest BCUT2D eigenvalue weighted by atomic mass is 16.5. The first kappa shape index (κ1) is 14.0. The number of benzene rings is 1. The Morgan fingerprint density at radius 1 is 1.24 bits per heavy atom. The Balaban J connectivity index is 2.63. The number of rotatable bonds is 7. The van der Waals surface area contributed by atoms with Gasteiger partial charge in [-0.3, -0.25) is 0 Å². The molecule has 17 heavy (non-hydrogen) atoms. The molecule has 2 N–H and O–H groups in total. The van der Waals surface area contributed by atoms with E-state index in [1.165, 1.54) is 5.56 Å². The Morgan fingerprint density at radius 3 is 2.59 bits per heavy atom.